The zero-order valence-electron chi connectivity index (χ0n) is 29.6. The summed E-state index contributed by atoms with van der Waals surface area (Å²) in [5.41, 5.74) is 2.67. The number of carbonyl (C=O) groups excluding carboxylic acids is 3. The van der Waals surface area contributed by atoms with Crippen LogP contribution in [0.25, 0.3) is 0 Å². The number of hydrogen-bond acceptors (Lipinski definition) is 10. The Bertz CT molecular complexity index is 1730. The molecule has 0 saturated heterocycles. The van der Waals surface area contributed by atoms with Gasteiger partial charge in [-0.3, -0.25) is 4.79 Å². The standard InChI is InChI=1S/C40H45NO10/c1-27(2)20-35(40(44)47-5)41-38(42)34-24-33(49-25-28-12-8-6-9-13-28)23-31(37(34)46-4)21-30-22-32(51-39(43)29-14-10-7-11-15-29)16-17-36(30)50-26-48-19-18-45-3/h6-17,22-24,27,35H,18-21,25-26H2,1-5H3,(H,41,42)/t35-/m0/s1. The number of hydrogen-bond donors (Lipinski definition) is 1. The molecular formula is C40H45NO10. The molecule has 0 unspecified atom stereocenters. The minimum absolute atomic E-state index is 0.0602. The van der Waals surface area contributed by atoms with Gasteiger partial charge >= 0.3 is 11.9 Å². The summed E-state index contributed by atoms with van der Waals surface area (Å²) in [6, 6.07) is 25.8. The molecule has 0 aliphatic rings. The van der Waals surface area contributed by atoms with Crippen molar-refractivity contribution in [2.45, 2.75) is 39.3 Å². The highest BCUT2D eigenvalue weighted by molar-refractivity contribution is 6.00. The molecule has 1 N–H and O–H groups in total. The number of esters is 2. The number of rotatable bonds is 19. The van der Waals surface area contributed by atoms with Crippen molar-refractivity contribution >= 4 is 17.8 Å². The number of benzene rings is 4. The lowest BCUT2D eigenvalue weighted by Crippen LogP contribution is -2.42. The van der Waals surface area contributed by atoms with E-state index in [2.05, 4.69) is 5.32 Å². The lowest BCUT2D eigenvalue weighted by Gasteiger charge is -2.21. The van der Waals surface area contributed by atoms with Crippen LogP contribution in [0.3, 0.4) is 0 Å². The number of nitrogens with one attached hydrogen (secondary N) is 1. The van der Waals surface area contributed by atoms with Crippen LogP contribution in [0.5, 0.6) is 23.0 Å². The molecule has 0 aliphatic heterocycles. The second-order valence-electron chi connectivity index (χ2n) is 12.0. The number of ether oxygens (including phenoxy) is 7. The van der Waals surface area contributed by atoms with Crippen LogP contribution in [0.1, 0.15) is 57.7 Å². The molecule has 0 heterocycles. The fourth-order valence-corrected chi connectivity index (χ4v) is 5.24. The molecule has 11 nitrogen and oxygen atoms in total. The molecule has 0 saturated carbocycles. The zero-order valence-corrected chi connectivity index (χ0v) is 29.6. The van der Waals surface area contributed by atoms with Gasteiger partial charge in [-0.15, -0.1) is 0 Å². The summed E-state index contributed by atoms with van der Waals surface area (Å²) in [7, 11) is 4.33. The van der Waals surface area contributed by atoms with Crippen LogP contribution in [-0.4, -0.2) is 65.2 Å². The van der Waals surface area contributed by atoms with Gasteiger partial charge in [0.05, 0.1) is 38.6 Å². The van der Waals surface area contributed by atoms with Gasteiger partial charge in [0.1, 0.15) is 35.6 Å². The maximum absolute atomic E-state index is 13.9. The number of carbonyl (C=O) groups is 3. The molecule has 11 heteroatoms. The van der Waals surface area contributed by atoms with Gasteiger partial charge < -0.3 is 38.5 Å². The molecule has 4 aromatic carbocycles. The molecule has 4 rings (SSSR count). The topological polar surface area (TPSA) is 128 Å². The third-order valence-corrected chi connectivity index (χ3v) is 7.70. The Hall–Kier alpha value is -5.39. The van der Waals surface area contributed by atoms with Gasteiger partial charge in [0.15, 0.2) is 6.79 Å². The molecule has 0 fully saturated rings. The molecule has 1 atom stereocenters. The van der Waals surface area contributed by atoms with E-state index in [9.17, 15) is 14.4 Å². The highest BCUT2D eigenvalue weighted by atomic mass is 16.7. The quantitative estimate of drug-likeness (QED) is 0.0508. The number of amides is 1. The first kappa shape index (κ1) is 38.4. The Morgan fingerprint density at radius 3 is 2.14 bits per heavy atom. The average molecular weight is 700 g/mol. The SMILES string of the molecule is COCCOCOc1ccc(OC(=O)c2ccccc2)cc1Cc1cc(OCc2ccccc2)cc(C(=O)N[C@@H](CC(C)C)C(=O)OC)c1OC. The number of methoxy groups -OCH3 is 3. The molecule has 0 radical (unpaired) electrons. The molecule has 270 valence electrons. The van der Waals surface area contributed by atoms with Crippen LogP contribution in [0.4, 0.5) is 0 Å². The van der Waals surface area contributed by atoms with E-state index >= 15 is 0 Å². The van der Waals surface area contributed by atoms with Crippen molar-refractivity contribution in [3.05, 3.63) is 119 Å². The molecule has 51 heavy (non-hydrogen) atoms. The van der Waals surface area contributed by atoms with Gasteiger partial charge in [0, 0.05) is 24.7 Å². The lowest BCUT2D eigenvalue weighted by atomic mass is 9.98. The van der Waals surface area contributed by atoms with Crippen LogP contribution in [0.2, 0.25) is 0 Å². The molecule has 0 bridgehead atoms. The second-order valence-corrected chi connectivity index (χ2v) is 12.0. The van der Waals surface area contributed by atoms with Crippen molar-refractivity contribution in [3.8, 4) is 23.0 Å². The van der Waals surface area contributed by atoms with Crippen molar-refractivity contribution in [2.75, 3.05) is 41.3 Å². The normalized spacial score (nSPS) is 11.4. The van der Waals surface area contributed by atoms with Gasteiger partial charge in [0.25, 0.3) is 5.91 Å². The zero-order chi connectivity index (χ0) is 36.6. The summed E-state index contributed by atoms with van der Waals surface area (Å²) >= 11 is 0. The van der Waals surface area contributed by atoms with Gasteiger partial charge in [-0.2, -0.15) is 0 Å². The summed E-state index contributed by atoms with van der Waals surface area (Å²) in [5.74, 6) is -0.100. The Kier molecular flexibility index (Phi) is 14.8. The molecule has 0 aromatic heterocycles. The largest absolute Gasteiger partial charge is 0.496 e. The Labute approximate surface area is 298 Å². The first-order chi connectivity index (χ1) is 24.7. The van der Waals surface area contributed by atoms with E-state index in [0.29, 0.717) is 47.8 Å². The van der Waals surface area contributed by atoms with E-state index in [0.717, 1.165) is 5.56 Å². The summed E-state index contributed by atoms with van der Waals surface area (Å²) in [5, 5.41) is 2.83. The van der Waals surface area contributed by atoms with Crippen LogP contribution < -0.4 is 24.3 Å². The van der Waals surface area contributed by atoms with E-state index in [1.807, 2.05) is 50.2 Å². The molecule has 0 spiro atoms. The molecule has 4 aromatic rings. The molecular weight excluding hydrogens is 654 g/mol. The molecule has 0 aliphatic carbocycles. The third kappa shape index (κ3) is 11.6. The van der Waals surface area contributed by atoms with Crippen molar-refractivity contribution in [3.63, 3.8) is 0 Å². The second kappa shape index (κ2) is 19.7. The predicted molar refractivity (Wildman–Crippen MR) is 190 cm³/mol. The maximum atomic E-state index is 13.9. The van der Waals surface area contributed by atoms with Gasteiger partial charge in [0.2, 0.25) is 0 Å². The van der Waals surface area contributed by atoms with Gasteiger partial charge in [-0.05, 0) is 60.4 Å². The highest BCUT2D eigenvalue weighted by Crippen LogP contribution is 2.35. The van der Waals surface area contributed by atoms with E-state index in [1.165, 1.54) is 14.2 Å². The minimum Gasteiger partial charge on any atom is -0.496 e. The first-order valence-corrected chi connectivity index (χ1v) is 16.6. The lowest BCUT2D eigenvalue weighted by molar-refractivity contribution is -0.143. The summed E-state index contributed by atoms with van der Waals surface area (Å²) < 4.78 is 39.4. The van der Waals surface area contributed by atoms with Crippen molar-refractivity contribution in [1.29, 1.82) is 0 Å². The average Bonchev–Trinajstić information content (AvgIpc) is 3.14. The van der Waals surface area contributed by atoms with Crippen molar-refractivity contribution in [2.24, 2.45) is 5.92 Å². The van der Waals surface area contributed by atoms with Crippen LogP contribution in [0.15, 0.2) is 91.0 Å². The summed E-state index contributed by atoms with van der Waals surface area (Å²) in [4.78, 5) is 39.5. The third-order valence-electron chi connectivity index (χ3n) is 7.70. The van der Waals surface area contributed by atoms with Gasteiger partial charge in [-0.25, -0.2) is 9.59 Å². The maximum Gasteiger partial charge on any atom is 0.343 e. The van der Waals surface area contributed by atoms with Crippen molar-refractivity contribution in [1.82, 2.24) is 5.32 Å². The molecule has 1 amide bonds. The van der Waals surface area contributed by atoms with Crippen molar-refractivity contribution < 1.29 is 47.5 Å². The minimum atomic E-state index is -0.876. The van der Waals surface area contributed by atoms with E-state index in [1.54, 1.807) is 61.7 Å². The van der Waals surface area contributed by atoms with E-state index < -0.39 is 23.9 Å². The summed E-state index contributed by atoms with van der Waals surface area (Å²) in [6.07, 6.45) is 0.544. The Morgan fingerprint density at radius 1 is 0.765 bits per heavy atom. The van der Waals surface area contributed by atoms with Crippen LogP contribution in [-0.2, 0) is 32.0 Å². The van der Waals surface area contributed by atoms with E-state index in [-0.39, 0.29) is 42.8 Å². The van der Waals surface area contributed by atoms with Gasteiger partial charge in [-0.1, -0.05) is 62.4 Å². The first-order valence-electron chi connectivity index (χ1n) is 16.6. The van der Waals surface area contributed by atoms with Crippen LogP contribution in [0, 0.1) is 5.92 Å². The predicted octanol–water partition coefficient (Wildman–Crippen LogP) is 6.40. The Morgan fingerprint density at radius 2 is 1.47 bits per heavy atom. The monoisotopic (exact) mass is 699 g/mol. The Balaban J connectivity index is 1.74. The fourth-order valence-electron chi connectivity index (χ4n) is 5.24. The van der Waals surface area contributed by atoms with Crippen LogP contribution >= 0.6 is 0 Å². The fraction of sp³-hybridized carbons (Fsp3) is 0.325. The highest BCUT2D eigenvalue weighted by Gasteiger charge is 2.27. The summed E-state index contributed by atoms with van der Waals surface area (Å²) in [6.45, 7) is 4.81. The van der Waals surface area contributed by atoms with E-state index in [4.69, 9.17) is 33.2 Å². The smallest absolute Gasteiger partial charge is 0.343 e.